The molecule has 0 aromatic heterocycles. The maximum atomic E-state index is 10.3. The molecule has 3 fully saturated rings. The first-order chi connectivity index (χ1) is 12.6. The normalized spacial score (nSPS) is 38.5. The molecule has 28 heavy (non-hydrogen) atoms. The van der Waals surface area contributed by atoms with Crippen LogP contribution in [0.3, 0.4) is 0 Å². The minimum atomic E-state index is -1.78. The Bertz CT molecular complexity index is 588. The third-order valence-electron chi connectivity index (χ3n) is 7.79. The molecular weight excluding hydrogens is 388 g/mol. The number of nitrogens with zero attached hydrogens (tertiary/aromatic N) is 1. The summed E-state index contributed by atoms with van der Waals surface area (Å²) in [5.41, 5.74) is 0. The average Bonchev–Trinajstić information content (AvgIpc) is 3.40. The molecule has 0 amide bonds. The van der Waals surface area contributed by atoms with Crippen LogP contribution in [0.15, 0.2) is 0 Å². The highest BCUT2D eigenvalue weighted by molar-refractivity contribution is 6.74. The SMILES string of the molecule is CC(C)(C)[Si](C)(C)OC[C@@H]1N[C@@H]1[C@@H]1O[C@H](O)[C@H]2[C@H](CO[Si](C)(C)C(C)(C)C)N21. The van der Waals surface area contributed by atoms with Crippen LogP contribution in [-0.4, -0.2) is 76.5 Å². The van der Waals surface area contributed by atoms with Crippen molar-refractivity contribution in [2.45, 2.75) is 114 Å². The second-order valence-electron chi connectivity index (χ2n) is 11.9. The highest BCUT2D eigenvalue weighted by atomic mass is 28.4. The number of fused-ring (bicyclic) bond motifs is 1. The van der Waals surface area contributed by atoms with E-state index in [1.54, 1.807) is 0 Å². The maximum Gasteiger partial charge on any atom is 0.192 e. The molecule has 0 saturated carbocycles. The Morgan fingerprint density at radius 3 is 1.93 bits per heavy atom. The predicted octanol–water partition coefficient (Wildman–Crippen LogP) is 3.10. The first-order valence-electron chi connectivity index (χ1n) is 10.7. The van der Waals surface area contributed by atoms with E-state index in [1.807, 2.05) is 0 Å². The molecule has 1 unspecified atom stereocenters. The molecule has 2 N–H and O–H groups in total. The van der Waals surface area contributed by atoms with E-state index in [0.717, 1.165) is 6.61 Å². The minimum Gasteiger partial charge on any atom is -0.415 e. The van der Waals surface area contributed by atoms with Crippen LogP contribution in [0, 0.1) is 0 Å². The number of hydrogen-bond acceptors (Lipinski definition) is 6. The smallest absolute Gasteiger partial charge is 0.192 e. The lowest BCUT2D eigenvalue weighted by Gasteiger charge is -2.36. The molecule has 0 bridgehead atoms. The summed E-state index contributed by atoms with van der Waals surface area (Å²) in [5, 5.41) is 14.3. The lowest BCUT2D eigenvalue weighted by molar-refractivity contribution is -0.119. The van der Waals surface area contributed by atoms with Crippen molar-refractivity contribution in [3.63, 3.8) is 0 Å². The Balaban J connectivity index is 1.50. The summed E-state index contributed by atoms with van der Waals surface area (Å²) in [6.07, 6.45) is -0.775. The van der Waals surface area contributed by atoms with Crippen molar-refractivity contribution in [3.05, 3.63) is 0 Å². The molecule has 3 saturated heterocycles. The lowest BCUT2D eigenvalue weighted by atomic mass is 10.2. The zero-order valence-corrected chi connectivity index (χ0v) is 21.5. The van der Waals surface area contributed by atoms with Gasteiger partial charge in [0.15, 0.2) is 22.9 Å². The van der Waals surface area contributed by atoms with Crippen molar-refractivity contribution in [1.29, 1.82) is 0 Å². The van der Waals surface area contributed by atoms with Crippen LogP contribution in [0.25, 0.3) is 0 Å². The topological polar surface area (TPSA) is 72.9 Å². The first kappa shape index (κ1) is 22.9. The average molecular weight is 431 g/mol. The van der Waals surface area contributed by atoms with E-state index in [0.29, 0.717) is 12.6 Å². The quantitative estimate of drug-likeness (QED) is 0.478. The second-order valence-corrected chi connectivity index (χ2v) is 21.5. The molecule has 0 spiro atoms. The molecule has 6 nitrogen and oxygen atoms in total. The van der Waals surface area contributed by atoms with Crippen LogP contribution in [0.2, 0.25) is 36.3 Å². The molecule has 0 aromatic carbocycles. The molecule has 3 aliphatic heterocycles. The molecule has 7 atom stereocenters. The van der Waals surface area contributed by atoms with Gasteiger partial charge in [0, 0.05) is 6.04 Å². The van der Waals surface area contributed by atoms with Gasteiger partial charge in [-0.3, -0.25) is 4.90 Å². The van der Waals surface area contributed by atoms with Crippen molar-refractivity contribution < 1.29 is 18.7 Å². The fraction of sp³-hybridized carbons (Fsp3) is 1.00. The molecule has 0 aliphatic carbocycles. The second kappa shape index (κ2) is 7.12. The van der Waals surface area contributed by atoms with E-state index >= 15 is 0 Å². The predicted molar refractivity (Wildman–Crippen MR) is 117 cm³/mol. The maximum absolute atomic E-state index is 10.3. The van der Waals surface area contributed by atoms with Gasteiger partial charge in [-0.15, -0.1) is 0 Å². The fourth-order valence-corrected chi connectivity index (χ4v) is 5.46. The van der Waals surface area contributed by atoms with E-state index in [-0.39, 0.29) is 34.4 Å². The molecule has 3 rings (SSSR count). The van der Waals surface area contributed by atoms with E-state index in [2.05, 4.69) is 77.9 Å². The third kappa shape index (κ3) is 4.30. The van der Waals surface area contributed by atoms with Crippen LogP contribution in [0.1, 0.15) is 41.5 Å². The number of hydrogen-bond donors (Lipinski definition) is 2. The summed E-state index contributed by atoms with van der Waals surface area (Å²) < 4.78 is 18.6. The van der Waals surface area contributed by atoms with Gasteiger partial charge < -0.3 is 24.0 Å². The van der Waals surface area contributed by atoms with Crippen molar-refractivity contribution in [2.24, 2.45) is 0 Å². The van der Waals surface area contributed by atoms with Gasteiger partial charge in [0.2, 0.25) is 0 Å². The van der Waals surface area contributed by atoms with Crippen LogP contribution >= 0.6 is 0 Å². The summed E-state index contributed by atoms with van der Waals surface area (Å²) in [5.74, 6) is 0. The van der Waals surface area contributed by atoms with Crippen molar-refractivity contribution in [1.82, 2.24) is 10.2 Å². The largest absolute Gasteiger partial charge is 0.415 e. The Morgan fingerprint density at radius 2 is 1.43 bits per heavy atom. The molecule has 8 heteroatoms. The Labute approximate surface area is 173 Å². The van der Waals surface area contributed by atoms with Gasteiger partial charge >= 0.3 is 0 Å². The van der Waals surface area contributed by atoms with Gasteiger partial charge in [0.1, 0.15) is 6.23 Å². The number of nitrogens with one attached hydrogen (secondary N) is 1. The van der Waals surface area contributed by atoms with Crippen LogP contribution in [-0.2, 0) is 13.6 Å². The van der Waals surface area contributed by atoms with E-state index < -0.39 is 22.9 Å². The van der Waals surface area contributed by atoms with E-state index in [4.69, 9.17) is 13.6 Å². The number of aliphatic hydroxyl groups is 1. The Hall–Kier alpha value is 0.194. The summed E-state index contributed by atoms with van der Waals surface area (Å²) >= 11 is 0. The van der Waals surface area contributed by atoms with Crippen LogP contribution in [0.4, 0.5) is 0 Å². The molecular formula is C20H42N2O4Si2. The Kier molecular flexibility index (Phi) is 5.81. The van der Waals surface area contributed by atoms with Crippen molar-refractivity contribution in [2.75, 3.05) is 13.2 Å². The van der Waals surface area contributed by atoms with Crippen molar-refractivity contribution in [3.8, 4) is 0 Å². The monoisotopic (exact) mass is 430 g/mol. The molecule has 164 valence electrons. The van der Waals surface area contributed by atoms with Gasteiger partial charge in [-0.1, -0.05) is 41.5 Å². The molecule has 3 heterocycles. The van der Waals surface area contributed by atoms with Gasteiger partial charge in [-0.25, -0.2) is 0 Å². The van der Waals surface area contributed by atoms with Gasteiger partial charge in [-0.05, 0) is 36.3 Å². The lowest BCUT2D eigenvalue weighted by Crippen LogP contribution is -2.43. The molecule has 0 aromatic rings. The number of aliphatic hydroxyl groups excluding tert-OH is 1. The zero-order chi connectivity index (χ0) is 21.3. The van der Waals surface area contributed by atoms with Crippen LogP contribution in [0.5, 0.6) is 0 Å². The molecule has 0 radical (unpaired) electrons. The molecule has 3 aliphatic rings. The van der Waals surface area contributed by atoms with Crippen LogP contribution < -0.4 is 5.32 Å². The third-order valence-corrected chi connectivity index (χ3v) is 16.8. The summed E-state index contributed by atoms with van der Waals surface area (Å²) in [4.78, 5) is 2.29. The van der Waals surface area contributed by atoms with Gasteiger partial charge in [0.25, 0.3) is 0 Å². The summed E-state index contributed by atoms with van der Waals surface area (Å²) in [6, 6.07) is 0.904. The highest BCUT2D eigenvalue weighted by Gasteiger charge is 2.66. The standard InChI is InChI=1S/C20H42N2O4Si2/c1-19(2,3)27(7,8)24-11-13-15(21-13)17-22-14(16(22)18(23)26-17)12-25-28(9,10)20(4,5)6/h13-18,21,23H,11-12H2,1-10H3/t13-,14-,15-,16+,17-,18-,22?/m0/s1. The first-order valence-corrected chi connectivity index (χ1v) is 16.5. The fourth-order valence-electron chi connectivity index (χ4n) is 3.41. The Morgan fingerprint density at radius 1 is 0.929 bits per heavy atom. The highest BCUT2D eigenvalue weighted by Crippen LogP contribution is 2.46. The van der Waals surface area contributed by atoms with E-state index in [9.17, 15) is 5.11 Å². The summed E-state index contributed by atoms with van der Waals surface area (Å²) in [7, 11) is -3.52. The summed E-state index contributed by atoms with van der Waals surface area (Å²) in [6.45, 7) is 24.1. The van der Waals surface area contributed by atoms with E-state index in [1.165, 1.54) is 0 Å². The minimum absolute atomic E-state index is 0.0685. The zero-order valence-electron chi connectivity index (χ0n) is 19.5. The van der Waals surface area contributed by atoms with Crippen molar-refractivity contribution >= 4 is 16.6 Å². The number of rotatable bonds is 7. The number of ether oxygens (including phenoxy) is 1. The van der Waals surface area contributed by atoms with Gasteiger partial charge in [-0.2, -0.15) is 0 Å². The van der Waals surface area contributed by atoms with Gasteiger partial charge in [0.05, 0.1) is 31.3 Å².